The first-order valence-corrected chi connectivity index (χ1v) is 22.1. The number of nitrogens with zero attached hydrogens (tertiary/aromatic N) is 8. The number of anilines is 4. The second-order valence-electron chi connectivity index (χ2n) is 18.7. The van der Waals surface area contributed by atoms with Gasteiger partial charge in [-0.3, -0.25) is 9.59 Å². The van der Waals surface area contributed by atoms with Crippen LogP contribution in [-0.4, -0.2) is 95.4 Å². The Hall–Kier alpha value is -3.98. The summed E-state index contributed by atoms with van der Waals surface area (Å²) >= 11 is 0. The van der Waals surface area contributed by atoms with Gasteiger partial charge in [-0.15, -0.1) is 0 Å². The molecule has 2 aromatic heterocycles. The van der Waals surface area contributed by atoms with Crippen molar-refractivity contribution in [2.75, 3.05) is 66.0 Å². The Morgan fingerprint density at radius 3 is 1.47 bits per heavy atom. The summed E-state index contributed by atoms with van der Waals surface area (Å²) in [7, 11) is 1.42. The quantitative estimate of drug-likeness (QED) is 0.218. The molecule has 4 aliphatic carbocycles. The van der Waals surface area contributed by atoms with Gasteiger partial charge < -0.3 is 29.4 Å². The number of fused-ring (bicyclic) bond motifs is 4. The lowest BCUT2D eigenvalue weighted by atomic mass is 9.92. The normalized spacial score (nSPS) is 32.3. The number of rotatable bonds is 8. The summed E-state index contributed by atoms with van der Waals surface area (Å²) in [5.41, 5.74) is 1.10. The average Bonchev–Trinajstić information content (AvgIpc) is 3.81. The molecular weight excluding hydrogens is 769 g/mol. The Bertz CT molecular complexity index is 1930. The predicted molar refractivity (Wildman–Crippen MR) is 213 cm³/mol. The minimum Gasteiger partial charge on any atom is -0.481 e. The van der Waals surface area contributed by atoms with Gasteiger partial charge in [0.25, 0.3) is 11.8 Å². The maximum Gasteiger partial charge on any atom is 0.305 e. The maximum absolute atomic E-state index is 14.9. The SMILES string of the molecule is COC(=O)CC1[C@H]2CN(c3nc(N4CCCC[C@H]4C)nc4c3CCCC4(F)F)C[C@@H]12.C[C@@H]1CCCCN1c1nc(N2C[C@@H]3C(CC(=O)O)[C@@H]3C2)c2c(n1)C(F)(F)CCC2. The lowest BCUT2D eigenvalue weighted by Gasteiger charge is -2.36. The van der Waals surface area contributed by atoms with E-state index in [1.807, 2.05) is 0 Å². The van der Waals surface area contributed by atoms with Crippen molar-refractivity contribution >= 4 is 35.5 Å². The van der Waals surface area contributed by atoms with E-state index in [0.717, 1.165) is 64.7 Å². The molecule has 0 bridgehead atoms. The van der Waals surface area contributed by atoms with E-state index >= 15 is 0 Å². The number of hydrogen-bond acceptors (Lipinski definition) is 11. The highest BCUT2D eigenvalue weighted by Gasteiger charge is 2.58. The Balaban J connectivity index is 0.000000152. The molecule has 12 nitrogen and oxygen atoms in total. The van der Waals surface area contributed by atoms with E-state index in [2.05, 4.69) is 43.4 Å². The molecule has 0 amide bonds. The Morgan fingerprint density at radius 1 is 0.661 bits per heavy atom. The zero-order valence-corrected chi connectivity index (χ0v) is 34.5. The number of alkyl halides is 4. The molecule has 4 aliphatic heterocycles. The van der Waals surface area contributed by atoms with Crippen LogP contribution in [0.15, 0.2) is 0 Å². The van der Waals surface area contributed by atoms with Crippen LogP contribution in [0.4, 0.5) is 41.1 Å². The molecule has 1 N–H and O–H groups in total. The predicted octanol–water partition coefficient (Wildman–Crippen LogP) is 6.97. The Kier molecular flexibility index (Phi) is 10.6. The summed E-state index contributed by atoms with van der Waals surface area (Å²) in [6.45, 7) is 8.84. The van der Waals surface area contributed by atoms with Crippen LogP contribution in [0.5, 0.6) is 0 Å². The van der Waals surface area contributed by atoms with Crippen LogP contribution >= 0.6 is 0 Å². The van der Waals surface area contributed by atoms with Crippen molar-refractivity contribution in [1.29, 1.82) is 0 Å². The highest BCUT2D eigenvalue weighted by Crippen LogP contribution is 2.56. The first kappa shape index (κ1) is 40.4. The number of carboxylic acids is 1. The van der Waals surface area contributed by atoms with Gasteiger partial charge in [-0.25, -0.2) is 9.97 Å². The number of carboxylic acid groups (broad SMARTS) is 1. The van der Waals surface area contributed by atoms with Crippen LogP contribution < -0.4 is 19.6 Å². The maximum atomic E-state index is 14.9. The highest BCUT2D eigenvalue weighted by atomic mass is 19.3. The van der Waals surface area contributed by atoms with E-state index in [1.54, 1.807) is 0 Å². The number of carbonyl (C=O) groups excluding carboxylic acids is 1. The van der Waals surface area contributed by atoms with E-state index in [1.165, 1.54) is 7.11 Å². The van der Waals surface area contributed by atoms with Crippen molar-refractivity contribution < 1.29 is 37.0 Å². The van der Waals surface area contributed by atoms with Crippen molar-refractivity contribution in [2.45, 2.75) is 128 Å². The summed E-state index contributed by atoms with van der Waals surface area (Å²) in [5, 5.41) is 9.06. The minimum atomic E-state index is -2.91. The fourth-order valence-electron chi connectivity index (χ4n) is 11.5. The zero-order valence-electron chi connectivity index (χ0n) is 34.5. The Labute approximate surface area is 343 Å². The third-order valence-electron chi connectivity index (χ3n) is 15.0. The summed E-state index contributed by atoms with van der Waals surface area (Å²) in [5.74, 6) is -2.32. The smallest absolute Gasteiger partial charge is 0.305 e. The average molecular weight is 827 g/mol. The summed E-state index contributed by atoms with van der Waals surface area (Å²) < 4.78 is 64.1. The molecule has 0 aromatic carbocycles. The molecule has 2 saturated carbocycles. The minimum absolute atomic E-state index is 0.0572. The van der Waals surface area contributed by atoms with E-state index in [0.29, 0.717) is 109 Å². The number of aliphatic carboxylic acids is 1. The standard InChI is InChI=1S/C22H30F2N4O2.C21H28F2N4O2/c1-13-6-3-4-9-28(13)21-25-19-14(7-5-8-22(19,23)24)20(26-21)27-11-16-15(17(16)12-27)10-18(29)30-2;1-12-5-2-3-8-27(12)20-24-18-13(6-4-7-21(18,22)23)19(25-20)26-10-15-14(9-17(28)29)16(15)11-26/h13,15-17H,3-12H2,1-2H3;12,14-16H,2-11H2,1H3,(H,28,29)/t13-,15?,16-,17+;12-,14?,15-,16+/m11/s1. The van der Waals surface area contributed by atoms with Crippen LogP contribution in [-0.2, 0) is 39.0 Å². The topological polar surface area (TPSA) is 128 Å². The molecule has 322 valence electrons. The first-order valence-electron chi connectivity index (χ1n) is 22.1. The fourth-order valence-corrected chi connectivity index (χ4v) is 11.5. The summed E-state index contributed by atoms with van der Waals surface area (Å²) in [6.07, 6.45) is 8.89. The lowest BCUT2D eigenvalue weighted by molar-refractivity contribution is -0.141. The van der Waals surface area contributed by atoms with Gasteiger partial charge in [0.1, 0.15) is 23.0 Å². The second-order valence-corrected chi connectivity index (χ2v) is 18.7. The summed E-state index contributed by atoms with van der Waals surface area (Å²) in [4.78, 5) is 49.7. The molecule has 59 heavy (non-hydrogen) atoms. The van der Waals surface area contributed by atoms with E-state index in [9.17, 15) is 27.2 Å². The molecule has 6 fully saturated rings. The van der Waals surface area contributed by atoms with E-state index in [-0.39, 0.29) is 54.6 Å². The number of piperidine rings is 4. The van der Waals surface area contributed by atoms with Crippen molar-refractivity contribution in [3.05, 3.63) is 22.5 Å². The van der Waals surface area contributed by atoms with Crippen molar-refractivity contribution in [1.82, 2.24) is 19.9 Å². The van der Waals surface area contributed by atoms with E-state index < -0.39 is 17.8 Å². The number of aromatic nitrogens is 4. The van der Waals surface area contributed by atoms with Crippen molar-refractivity contribution in [3.8, 4) is 0 Å². The molecule has 4 saturated heterocycles. The monoisotopic (exact) mass is 826 g/mol. The molecule has 0 radical (unpaired) electrons. The van der Waals surface area contributed by atoms with Gasteiger partial charge in [0.15, 0.2) is 0 Å². The van der Waals surface area contributed by atoms with Gasteiger partial charge in [0.2, 0.25) is 11.9 Å². The van der Waals surface area contributed by atoms with Gasteiger partial charge in [0.05, 0.1) is 7.11 Å². The molecule has 8 aliphatic rings. The zero-order chi connectivity index (χ0) is 41.4. The number of hydrogen-bond donors (Lipinski definition) is 1. The molecule has 10 rings (SSSR count). The van der Waals surface area contributed by atoms with Gasteiger partial charge in [-0.05, 0) is 114 Å². The first-order chi connectivity index (χ1) is 28.2. The van der Waals surface area contributed by atoms with Crippen LogP contribution in [0.3, 0.4) is 0 Å². The molecule has 16 heteroatoms. The number of halogens is 4. The van der Waals surface area contributed by atoms with Gasteiger partial charge in [-0.2, -0.15) is 27.5 Å². The fraction of sp³-hybridized carbons (Fsp3) is 0.767. The van der Waals surface area contributed by atoms with Crippen molar-refractivity contribution in [2.24, 2.45) is 35.5 Å². The highest BCUT2D eigenvalue weighted by molar-refractivity contribution is 5.70. The molecule has 8 atom stereocenters. The number of carbonyl (C=O) groups is 2. The molecular formula is C43H58F4N8O4. The molecule has 2 aromatic rings. The number of methoxy groups -OCH3 is 1. The van der Waals surface area contributed by atoms with Crippen LogP contribution in [0.25, 0.3) is 0 Å². The van der Waals surface area contributed by atoms with Crippen LogP contribution in [0.2, 0.25) is 0 Å². The third-order valence-corrected chi connectivity index (χ3v) is 15.0. The Morgan fingerprint density at radius 2 is 1.08 bits per heavy atom. The molecule has 0 spiro atoms. The van der Waals surface area contributed by atoms with Crippen molar-refractivity contribution in [3.63, 3.8) is 0 Å². The number of esters is 1. The largest absolute Gasteiger partial charge is 0.481 e. The molecule has 2 unspecified atom stereocenters. The second kappa shape index (κ2) is 15.5. The van der Waals surface area contributed by atoms with Crippen LogP contribution in [0.1, 0.15) is 113 Å². The van der Waals surface area contributed by atoms with Crippen LogP contribution in [0, 0.1) is 35.5 Å². The van der Waals surface area contributed by atoms with Gasteiger partial charge >= 0.3 is 11.9 Å². The molecule has 6 heterocycles. The summed E-state index contributed by atoms with van der Waals surface area (Å²) in [6, 6.07) is 0.511. The van der Waals surface area contributed by atoms with E-state index in [4.69, 9.17) is 19.8 Å². The third kappa shape index (κ3) is 7.67. The lowest BCUT2D eigenvalue weighted by Crippen LogP contribution is -2.40. The van der Waals surface area contributed by atoms with Gasteiger partial charge in [0, 0.05) is 88.2 Å². The van der Waals surface area contributed by atoms with Gasteiger partial charge in [-0.1, -0.05) is 0 Å². The number of ether oxygens (including phenoxy) is 1.